The molecular weight excluding hydrogens is 254 g/mol. The normalized spacial score (nSPS) is 10.2. The number of hydrogen-bond acceptors (Lipinski definition) is 5. The van der Waals surface area contributed by atoms with Gasteiger partial charge in [-0.1, -0.05) is 6.07 Å². The smallest absolute Gasteiger partial charge is 0.130 e. The van der Waals surface area contributed by atoms with E-state index in [9.17, 15) is 0 Å². The number of ether oxygens (including phenoxy) is 2. The van der Waals surface area contributed by atoms with Crippen LogP contribution < -0.4 is 20.5 Å². The predicted octanol–water partition coefficient (Wildman–Crippen LogP) is 2.17. The summed E-state index contributed by atoms with van der Waals surface area (Å²) in [7, 11) is 3.28. The molecule has 0 radical (unpaired) electrons. The second-order valence-corrected chi connectivity index (χ2v) is 4.25. The number of nitrogens with two attached hydrogens (primary N) is 1. The molecule has 106 valence electrons. The highest BCUT2D eigenvalue weighted by molar-refractivity contribution is 5.47. The minimum absolute atomic E-state index is 0.454. The van der Waals surface area contributed by atoms with Gasteiger partial charge in [-0.15, -0.1) is 0 Å². The number of hydrogen-bond donors (Lipinski definition) is 2. The molecule has 0 saturated carbocycles. The van der Waals surface area contributed by atoms with Crippen LogP contribution in [0.2, 0.25) is 0 Å². The highest BCUT2D eigenvalue weighted by Crippen LogP contribution is 2.25. The van der Waals surface area contributed by atoms with E-state index >= 15 is 0 Å². The van der Waals surface area contributed by atoms with Gasteiger partial charge < -0.3 is 20.5 Å². The molecule has 0 spiro atoms. The van der Waals surface area contributed by atoms with Crippen molar-refractivity contribution < 1.29 is 9.47 Å². The Bertz CT molecular complexity index is 573. The second kappa shape index (κ2) is 6.77. The minimum Gasteiger partial charge on any atom is -0.497 e. The molecule has 5 heteroatoms. The first-order chi connectivity index (χ1) is 9.78. The van der Waals surface area contributed by atoms with Gasteiger partial charge in [-0.3, -0.25) is 0 Å². The Morgan fingerprint density at radius 3 is 2.70 bits per heavy atom. The molecule has 0 unspecified atom stereocenters. The maximum atomic E-state index is 5.69. The molecule has 0 aliphatic heterocycles. The third-order valence-electron chi connectivity index (χ3n) is 3.05. The fraction of sp³-hybridized carbons (Fsp3) is 0.267. The number of methoxy groups -OCH3 is 2. The number of nitrogens with one attached hydrogen (secondary N) is 1. The highest BCUT2D eigenvalue weighted by Gasteiger charge is 2.06. The number of pyridine rings is 1. The highest BCUT2D eigenvalue weighted by atomic mass is 16.5. The number of benzene rings is 1. The summed E-state index contributed by atoms with van der Waals surface area (Å²) in [5.74, 6) is 2.35. The lowest BCUT2D eigenvalue weighted by atomic mass is 10.2. The van der Waals surface area contributed by atoms with Gasteiger partial charge in [-0.25, -0.2) is 4.98 Å². The standard InChI is InChI=1S/C15H19N3O2/c1-19-13-6-5-12(14(8-13)20-2)10-18-15-11(9-16)4-3-7-17-15/h3-8H,9-10,16H2,1-2H3,(H,17,18). The predicted molar refractivity (Wildman–Crippen MR) is 79.0 cm³/mol. The molecule has 1 aromatic heterocycles. The number of rotatable bonds is 6. The molecule has 1 heterocycles. The van der Waals surface area contributed by atoms with Crippen LogP contribution in [0.3, 0.4) is 0 Å². The zero-order chi connectivity index (χ0) is 14.4. The van der Waals surface area contributed by atoms with Crippen LogP contribution in [-0.2, 0) is 13.1 Å². The van der Waals surface area contributed by atoms with Gasteiger partial charge in [-0.05, 0) is 18.2 Å². The molecule has 0 aliphatic rings. The lowest BCUT2D eigenvalue weighted by Gasteiger charge is -2.13. The maximum absolute atomic E-state index is 5.69. The summed E-state index contributed by atoms with van der Waals surface area (Å²) in [5, 5.41) is 3.28. The van der Waals surface area contributed by atoms with Gasteiger partial charge in [0.25, 0.3) is 0 Å². The Kier molecular flexibility index (Phi) is 4.79. The first-order valence-corrected chi connectivity index (χ1v) is 6.37. The van der Waals surface area contributed by atoms with Crippen molar-refractivity contribution in [2.24, 2.45) is 5.73 Å². The summed E-state index contributed by atoms with van der Waals surface area (Å²) < 4.78 is 10.5. The van der Waals surface area contributed by atoms with Crippen LogP contribution in [0.25, 0.3) is 0 Å². The number of aromatic nitrogens is 1. The number of anilines is 1. The van der Waals surface area contributed by atoms with Crippen molar-refractivity contribution in [3.8, 4) is 11.5 Å². The van der Waals surface area contributed by atoms with Crippen molar-refractivity contribution in [1.82, 2.24) is 4.98 Å². The summed E-state index contributed by atoms with van der Waals surface area (Å²) in [6, 6.07) is 9.57. The van der Waals surface area contributed by atoms with Gasteiger partial charge in [0.2, 0.25) is 0 Å². The molecular formula is C15H19N3O2. The molecule has 20 heavy (non-hydrogen) atoms. The van der Waals surface area contributed by atoms with Crippen molar-refractivity contribution >= 4 is 5.82 Å². The summed E-state index contributed by atoms with van der Waals surface area (Å²) >= 11 is 0. The van der Waals surface area contributed by atoms with E-state index in [2.05, 4.69) is 10.3 Å². The van der Waals surface area contributed by atoms with E-state index in [-0.39, 0.29) is 0 Å². The van der Waals surface area contributed by atoms with Gasteiger partial charge in [0.1, 0.15) is 17.3 Å². The van der Waals surface area contributed by atoms with Gasteiger partial charge in [0, 0.05) is 36.5 Å². The first-order valence-electron chi connectivity index (χ1n) is 6.37. The van der Waals surface area contributed by atoms with Crippen molar-refractivity contribution in [2.45, 2.75) is 13.1 Å². The molecule has 0 amide bonds. The zero-order valence-corrected chi connectivity index (χ0v) is 11.7. The average molecular weight is 273 g/mol. The van der Waals surface area contributed by atoms with Crippen LogP contribution in [0.5, 0.6) is 11.5 Å². The third kappa shape index (κ3) is 3.19. The Morgan fingerprint density at radius 2 is 2.00 bits per heavy atom. The lowest BCUT2D eigenvalue weighted by Crippen LogP contribution is -2.08. The number of nitrogens with zero attached hydrogens (tertiary/aromatic N) is 1. The largest absolute Gasteiger partial charge is 0.497 e. The molecule has 3 N–H and O–H groups in total. The van der Waals surface area contributed by atoms with Gasteiger partial charge in [0.15, 0.2) is 0 Å². The van der Waals surface area contributed by atoms with Crippen molar-refractivity contribution in [3.05, 3.63) is 47.7 Å². The van der Waals surface area contributed by atoms with E-state index in [1.54, 1.807) is 20.4 Å². The second-order valence-electron chi connectivity index (χ2n) is 4.25. The summed E-state index contributed by atoms with van der Waals surface area (Å²) in [5.41, 5.74) is 7.71. The Hall–Kier alpha value is -2.27. The monoisotopic (exact) mass is 273 g/mol. The van der Waals surface area contributed by atoms with Crippen LogP contribution in [0.4, 0.5) is 5.82 Å². The quantitative estimate of drug-likeness (QED) is 0.844. The molecule has 0 fully saturated rings. The topological polar surface area (TPSA) is 69.4 Å². The van der Waals surface area contributed by atoms with Crippen molar-refractivity contribution in [3.63, 3.8) is 0 Å². The van der Waals surface area contributed by atoms with Gasteiger partial charge in [-0.2, -0.15) is 0 Å². The summed E-state index contributed by atoms with van der Waals surface area (Å²) in [6.45, 7) is 1.06. The molecule has 0 bridgehead atoms. The van der Waals surface area contributed by atoms with E-state index < -0.39 is 0 Å². The zero-order valence-electron chi connectivity index (χ0n) is 11.7. The first kappa shape index (κ1) is 14.1. The molecule has 2 rings (SSSR count). The molecule has 1 aromatic carbocycles. The molecule has 0 saturated heterocycles. The van der Waals surface area contributed by atoms with E-state index in [0.29, 0.717) is 13.1 Å². The molecule has 2 aromatic rings. The Morgan fingerprint density at radius 1 is 1.15 bits per heavy atom. The Labute approximate surface area is 118 Å². The minimum atomic E-state index is 0.454. The molecule has 0 aliphatic carbocycles. The van der Waals surface area contributed by atoms with E-state index in [0.717, 1.165) is 28.4 Å². The van der Waals surface area contributed by atoms with Gasteiger partial charge in [0.05, 0.1) is 14.2 Å². The van der Waals surface area contributed by atoms with E-state index in [1.165, 1.54) is 0 Å². The van der Waals surface area contributed by atoms with Crippen molar-refractivity contribution in [1.29, 1.82) is 0 Å². The van der Waals surface area contributed by atoms with Gasteiger partial charge >= 0.3 is 0 Å². The van der Waals surface area contributed by atoms with Crippen molar-refractivity contribution in [2.75, 3.05) is 19.5 Å². The fourth-order valence-corrected chi connectivity index (χ4v) is 1.94. The van der Waals surface area contributed by atoms with Crippen LogP contribution in [0.15, 0.2) is 36.5 Å². The third-order valence-corrected chi connectivity index (χ3v) is 3.05. The van der Waals surface area contributed by atoms with Crippen LogP contribution >= 0.6 is 0 Å². The summed E-state index contributed by atoms with van der Waals surface area (Å²) in [6.07, 6.45) is 1.74. The molecule has 5 nitrogen and oxygen atoms in total. The fourth-order valence-electron chi connectivity index (χ4n) is 1.94. The van der Waals surface area contributed by atoms with Crippen LogP contribution in [0.1, 0.15) is 11.1 Å². The van der Waals surface area contributed by atoms with E-state index in [4.69, 9.17) is 15.2 Å². The van der Waals surface area contributed by atoms with Crippen LogP contribution in [0, 0.1) is 0 Å². The SMILES string of the molecule is COc1ccc(CNc2ncccc2CN)c(OC)c1. The Balaban J connectivity index is 2.14. The lowest BCUT2D eigenvalue weighted by molar-refractivity contribution is 0.391. The van der Waals surface area contributed by atoms with Crippen LogP contribution in [-0.4, -0.2) is 19.2 Å². The molecule has 0 atom stereocenters. The van der Waals surface area contributed by atoms with E-state index in [1.807, 2.05) is 30.3 Å². The summed E-state index contributed by atoms with van der Waals surface area (Å²) in [4.78, 5) is 4.30. The average Bonchev–Trinajstić information content (AvgIpc) is 2.52. The maximum Gasteiger partial charge on any atom is 0.130 e.